The Morgan fingerprint density at radius 2 is 2.06 bits per heavy atom. The Kier molecular flexibility index (Phi) is 4.64. The Morgan fingerprint density at radius 1 is 1.28 bits per heavy atom. The number of nitrogens with one attached hydrogen (secondary N) is 1. The topological polar surface area (TPSA) is 39.1 Å². The fourth-order valence-electron chi connectivity index (χ4n) is 3.42. The predicted octanol–water partition coefficient (Wildman–Crippen LogP) is 2.68. The monoisotopic (exact) mass is 249 g/mol. The lowest BCUT2D eigenvalue weighted by Crippen LogP contribution is -2.53. The third kappa shape index (κ3) is 3.05. The van der Waals surface area contributed by atoms with Crippen LogP contribution in [0.4, 0.5) is 0 Å². The molecule has 1 N–H and O–H groups in total. The van der Waals surface area contributed by atoms with Gasteiger partial charge >= 0.3 is 0 Å². The zero-order valence-electron chi connectivity index (χ0n) is 11.9. The lowest BCUT2D eigenvalue weighted by atomic mass is 9.79. The van der Waals surface area contributed by atoms with Gasteiger partial charge in [-0.1, -0.05) is 13.8 Å². The summed E-state index contributed by atoms with van der Waals surface area (Å²) in [4.78, 5) is 2.65. The molecule has 0 aromatic rings. The standard InChI is InChI=1S/C15H27N3/c1-3-10-17-15(12-16)9-5-6-14(11-15)18(4-2)13-7-8-13/h13-14,17H,3-11H2,1-2H3. The highest BCUT2D eigenvalue weighted by molar-refractivity contribution is 5.11. The van der Waals surface area contributed by atoms with Crippen molar-refractivity contribution >= 4 is 0 Å². The van der Waals surface area contributed by atoms with Crippen LogP contribution >= 0.6 is 0 Å². The molecule has 0 spiro atoms. The van der Waals surface area contributed by atoms with E-state index in [9.17, 15) is 5.26 Å². The lowest BCUT2D eigenvalue weighted by molar-refractivity contribution is 0.118. The summed E-state index contributed by atoms with van der Waals surface area (Å²) in [6.07, 6.45) is 8.36. The molecule has 0 aromatic carbocycles. The third-order valence-electron chi connectivity index (χ3n) is 4.50. The molecule has 18 heavy (non-hydrogen) atoms. The van der Waals surface area contributed by atoms with E-state index in [0.29, 0.717) is 6.04 Å². The molecular formula is C15H27N3. The van der Waals surface area contributed by atoms with Crippen LogP contribution in [0.3, 0.4) is 0 Å². The second-order valence-electron chi connectivity index (χ2n) is 5.93. The summed E-state index contributed by atoms with van der Waals surface area (Å²) in [7, 11) is 0. The number of nitriles is 1. The number of hydrogen-bond donors (Lipinski definition) is 1. The van der Waals surface area contributed by atoms with Crippen LogP contribution in [0.25, 0.3) is 0 Å². The summed E-state index contributed by atoms with van der Waals surface area (Å²) >= 11 is 0. The summed E-state index contributed by atoms with van der Waals surface area (Å²) in [6.45, 7) is 6.54. The van der Waals surface area contributed by atoms with Crippen LogP contribution < -0.4 is 5.32 Å². The van der Waals surface area contributed by atoms with Crippen LogP contribution in [0.1, 0.15) is 58.8 Å². The van der Waals surface area contributed by atoms with Crippen LogP contribution in [0.15, 0.2) is 0 Å². The predicted molar refractivity (Wildman–Crippen MR) is 74.3 cm³/mol. The normalized spacial score (nSPS) is 32.4. The first-order valence-electron chi connectivity index (χ1n) is 7.66. The van der Waals surface area contributed by atoms with Gasteiger partial charge in [0.15, 0.2) is 0 Å². The molecule has 2 aliphatic rings. The Bertz CT molecular complexity index is 305. The van der Waals surface area contributed by atoms with Crippen LogP contribution in [0.2, 0.25) is 0 Å². The molecule has 0 bridgehead atoms. The minimum absolute atomic E-state index is 0.249. The van der Waals surface area contributed by atoms with Crippen molar-refractivity contribution in [1.82, 2.24) is 10.2 Å². The highest BCUT2D eigenvalue weighted by Gasteiger charge is 2.41. The molecular weight excluding hydrogens is 222 g/mol. The minimum Gasteiger partial charge on any atom is -0.299 e. The fourth-order valence-corrected chi connectivity index (χ4v) is 3.42. The van der Waals surface area contributed by atoms with Crippen molar-refractivity contribution in [3.05, 3.63) is 0 Å². The van der Waals surface area contributed by atoms with Gasteiger partial charge in [-0.2, -0.15) is 5.26 Å². The quantitative estimate of drug-likeness (QED) is 0.786. The average Bonchev–Trinajstić information content (AvgIpc) is 3.22. The molecule has 2 unspecified atom stereocenters. The molecule has 2 aliphatic carbocycles. The highest BCUT2D eigenvalue weighted by Crippen LogP contribution is 2.36. The first-order valence-corrected chi connectivity index (χ1v) is 7.66. The van der Waals surface area contributed by atoms with Gasteiger partial charge < -0.3 is 0 Å². The van der Waals surface area contributed by atoms with Gasteiger partial charge in [-0.05, 0) is 58.0 Å². The van der Waals surface area contributed by atoms with Crippen molar-refractivity contribution in [2.45, 2.75) is 76.4 Å². The second kappa shape index (κ2) is 6.04. The molecule has 0 aromatic heterocycles. The van der Waals surface area contributed by atoms with Gasteiger partial charge in [0.2, 0.25) is 0 Å². The van der Waals surface area contributed by atoms with Gasteiger partial charge in [-0.25, -0.2) is 0 Å². The maximum atomic E-state index is 9.56. The molecule has 3 heteroatoms. The Morgan fingerprint density at radius 3 is 2.61 bits per heavy atom. The van der Waals surface area contributed by atoms with Gasteiger partial charge in [0.25, 0.3) is 0 Å². The van der Waals surface area contributed by atoms with E-state index in [-0.39, 0.29) is 5.54 Å². The first-order chi connectivity index (χ1) is 8.74. The Hall–Kier alpha value is -0.590. The van der Waals surface area contributed by atoms with Crippen LogP contribution in [-0.2, 0) is 0 Å². The van der Waals surface area contributed by atoms with Gasteiger partial charge in [0.05, 0.1) is 6.07 Å². The van der Waals surface area contributed by atoms with E-state index in [2.05, 4.69) is 30.1 Å². The number of nitrogens with zero attached hydrogens (tertiary/aromatic N) is 2. The summed E-state index contributed by atoms with van der Waals surface area (Å²) in [5.41, 5.74) is -0.249. The SMILES string of the molecule is CCCNC1(C#N)CCCC(N(CC)C2CC2)C1. The summed E-state index contributed by atoms with van der Waals surface area (Å²) in [5.74, 6) is 0. The molecule has 0 radical (unpaired) electrons. The maximum Gasteiger partial charge on any atom is 0.108 e. The van der Waals surface area contributed by atoms with Gasteiger partial charge in [0, 0.05) is 12.1 Å². The van der Waals surface area contributed by atoms with E-state index in [1.165, 1.54) is 25.7 Å². The molecule has 0 amide bonds. The van der Waals surface area contributed by atoms with Gasteiger partial charge in [-0.3, -0.25) is 10.2 Å². The van der Waals surface area contributed by atoms with E-state index in [1.807, 2.05) is 0 Å². The molecule has 2 rings (SSSR count). The zero-order chi connectivity index (χ0) is 13.0. The number of hydrogen-bond acceptors (Lipinski definition) is 3. The van der Waals surface area contributed by atoms with Crippen molar-refractivity contribution in [3.63, 3.8) is 0 Å². The van der Waals surface area contributed by atoms with Crippen molar-refractivity contribution in [3.8, 4) is 6.07 Å². The Labute approximate surface area is 112 Å². The zero-order valence-corrected chi connectivity index (χ0v) is 11.9. The first kappa shape index (κ1) is 13.8. The molecule has 0 saturated heterocycles. The van der Waals surface area contributed by atoms with Crippen molar-refractivity contribution < 1.29 is 0 Å². The highest BCUT2D eigenvalue weighted by atomic mass is 15.2. The third-order valence-corrected chi connectivity index (χ3v) is 4.50. The largest absolute Gasteiger partial charge is 0.299 e. The fraction of sp³-hybridized carbons (Fsp3) is 0.933. The average molecular weight is 249 g/mol. The summed E-state index contributed by atoms with van der Waals surface area (Å²) in [5, 5.41) is 13.1. The Balaban J connectivity index is 1.99. The van der Waals surface area contributed by atoms with E-state index in [1.54, 1.807) is 0 Å². The molecule has 3 nitrogen and oxygen atoms in total. The molecule has 2 atom stereocenters. The second-order valence-corrected chi connectivity index (χ2v) is 5.93. The summed E-state index contributed by atoms with van der Waals surface area (Å²) < 4.78 is 0. The van der Waals surface area contributed by atoms with Crippen LogP contribution in [-0.4, -0.2) is 35.6 Å². The number of rotatable bonds is 6. The molecule has 102 valence electrons. The van der Waals surface area contributed by atoms with Gasteiger partial charge in [0.1, 0.15) is 5.54 Å². The van der Waals surface area contributed by atoms with Gasteiger partial charge in [-0.15, -0.1) is 0 Å². The molecule has 2 fully saturated rings. The lowest BCUT2D eigenvalue weighted by Gasteiger charge is -2.41. The van der Waals surface area contributed by atoms with E-state index in [0.717, 1.165) is 38.4 Å². The maximum absolute atomic E-state index is 9.56. The van der Waals surface area contributed by atoms with E-state index >= 15 is 0 Å². The van der Waals surface area contributed by atoms with Crippen LogP contribution in [0, 0.1) is 11.3 Å². The van der Waals surface area contributed by atoms with E-state index in [4.69, 9.17) is 0 Å². The van der Waals surface area contributed by atoms with Crippen LogP contribution in [0.5, 0.6) is 0 Å². The smallest absolute Gasteiger partial charge is 0.108 e. The van der Waals surface area contributed by atoms with Crippen molar-refractivity contribution in [2.24, 2.45) is 0 Å². The van der Waals surface area contributed by atoms with Crippen molar-refractivity contribution in [2.75, 3.05) is 13.1 Å². The molecule has 0 heterocycles. The van der Waals surface area contributed by atoms with Crippen molar-refractivity contribution in [1.29, 1.82) is 5.26 Å². The summed E-state index contributed by atoms with van der Waals surface area (Å²) in [6, 6.07) is 4.03. The van der Waals surface area contributed by atoms with E-state index < -0.39 is 0 Å². The molecule has 2 saturated carbocycles. The minimum atomic E-state index is -0.249. The molecule has 0 aliphatic heterocycles.